The van der Waals surface area contributed by atoms with E-state index in [2.05, 4.69) is 38.7 Å². The molecule has 3 aromatic rings. The molecule has 2 unspecified atom stereocenters. The number of hydrogen-bond donors (Lipinski definition) is 0. The Hall–Kier alpha value is -3.63. The fourth-order valence-electron chi connectivity index (χ4n) is 5.28. The normalized spacial score (nSPS) is 21.6. The third kappa shape index (κ3) is 3.64. The van der Waals surface area contributed by atoms with Gasteiger partial charge in [0.25, 0.3) is 5.69 Å². The molecular formula is C27H29N3O3Si. The van der Waals surface area contributed by atoms with Gasteiger partial charge in [0.05, 0.1) is 11.0 Å². The molecule has 4 rings (SSSR count). The van der Waals surface area contributed by atoms with Gasteiger partial charge in [-0.05, 0) is 49.3 Å². The highest BCUT2D eigenvalue weighted by molar-refractivity contribution is 6.70. The fourth-order valence-corrected chi connectivity index (χ4v) is 6.14. The summed E-state index contributed by atoms with van der Waals surface area (Å²) in [7, 11) is -0.0409. The highest BCUT2D eigenvalue weighted by Crippen LogP contribution is 2.57. The zero-order valence-electron chi connectivity index (χ0n) is 20.2. The molecule has 0 saturated carbocycles. The minimum atomic E-state index is -1.99. The summed E-state index contributed by atoms with van der Waals surface area (Å²) in [6, 6.07) is 25.3. The molecule has 1 aliphatic heterocycles. The first-order valence-corrected chi connectivity index (χ1v) is 14.7. The second-order valence-electron chi connectivity index (χ2n) is 10.0. The molecule has 0 bridgehead atoms. The Morgan fingerprint density at radius 3 is 2.32 bits per heavy atom. The summed E-state index contributed by atoms with van der Waals surface area (Å²) >= 11 is 0. The molecule has 0 aromatic heterocycles. The van der Waals surface area contributed by atoms with E-state index in [1.807, 2.05) is 60.5 Å². The molecular weight excluding hydrogens is 442 g/mol. The SMILES string of the molecule is CN1c2ccccc2C(C)(Cc2cc([N+](=O)[O-])ccc2O[Si](C)(C)C)C1(C#N)c1ccccc1. The standard InChI is InChI=1S/C27H29N3O3Si/c1-26(18-20-17-22(30(31)32)15-16-25(20)33-34(3,4)5)23-13-9-10-14-24(23)29(2)27(26,19-28)21-11-7-6-8-12-21/h6-17H,18H2,1-5H3. The van der Waals surface area contributed by atoms with Gasteiger partial charge in [0.1, 0.15) is 5.75 Å². The first kappa shape index (κ1) is 23.5. The summed E-state index contributed by atoms with van der Waals surface area (Å²) in [5.41, 5.74) is 1.93. The number of para-hydroxylation sites is 1. The van der Waals surface area contributed by atoms with Crippen molar-refractivity contribution in [3.63, 3.8) is 0 Å². The van der Waals surface area contributed by atoms with E-state index in [0.717, 1.165) is 22.4 Å². The monoisotopic (exact) mass is 471 g/mol. The summed E-state index contributed by atoms with van der Waals surface area (Å²) < 4.78 is 6.36. The summed E-state index contributed by atoms with van der Waals surface area (Å²) in [6.45, 7) is 8.34. The Morgan fingerprint density at radius 1 is 1.06 bits per heavy atom. The van der Waals surface area contributed by atoms with Crippen molar-refractivity contribution in [3.8, 4) is 11.8 Å². The Bertz CT molecular complexity index is 1280. The number of benzene rings is 3. The van der Waals surface area contributed by atoms with Crippen LogP contribution in [0.15, 0.2) is 72.8 Å². The number of anilines is 1. The average Bonchev–Trinajstić information content (AvgIpc) is 2.99. The van der Waals surface area contributed by atoms with Crippen molar-refractivity contribution in [2.24, 2.45) is 0 Å². The van der Waals surface area contributed by atoms with Gasteiger partial charge in [-0.25, -0.2) is 0 Å². The van der Waals surface area contributed by atoms with Crippen molar-refractivity contribution >= 4 is 19.7 Å². The number of fused-ring (bicyclic) bond motifs is 1. The highest BCUT2D eigenvalue weighted by Gasteiger charge is 2.60. The smallest absolute Gasteiger partial charge is 0.269 e. The predicted octanol–water partition coefficient (Wildman–Crippen LogP) is 6.18. The first-order valence-electron chi connectivity index (χ1n) is 11.3. The molecule has 0 N–H and O–H groups in total. The van der Waals surface area contributed by atoms with E-state index < -0.39 is 19.3 Å². The molecule has 0 fully saturated rings. The van der Waals surface area contributed by atoms with E-state index in [1.165, 1.54) is 6.07 Å². The molecule has 34 heavy (non-hydrogen) atoms. The van der Waals surface area contributed by atoms with Crippen molar-refractivity contribution in [3.05, 3.63) is 99.6 Å². The van der Waals surface area contributed by atoms with Gasteiger partial charge in [-0.2, -0.15) is 5.26 Å². The van der Waals surface area contributed by atoms with E-state index >= 15 is 0 Å². The Kier molecular flexibility index (Phi) is 5.74. The van der Waals surface area contributed by atoms with E-state index in [-0.39, 0.29) is 10.6 Å². The lowest BCUT2D eigenvalue weighted by molar-refractivity contribution is -0.384. The topological polar surface area (TPSA) is 79.4 Å². The van der Waals surface area contributed by atoms with E-state index in [9.17, 15) is 15.4 Å². The van der Waals surface area contributed by atoms with Gasteiger partial charge < -0.3 is 9.33 Å². The Balaban J connectivity index is 1.97. The van der Waals surface area contributed by atoms with E-state index in [4.69, 9.17) is 4.43 Å². The fraction of sp³-hybridized carbons (Fsp3) is 0.296. The molecule has 0 aliphatic carbocycles. The van der Waals surface area contributed by atoms with Crippen molar-refractivity contribution < 1.29 is 9.35 Å². The number of nitriles is 1. The lowest BCUT2D eigenvalue weighted by Crippen LogP contribution is -2.53. The summed E-state index contributed by atoms with van der Waals surface area (Å²) in [6.07, 6.45) is 0.401. The maximum Gasteiger partial charge on any atom is 0.269 e. The van der Waals surface area contributed by atoms with Gasteiger partial charge in [0.2, 0.25) is 8.32 Å². The van der Waals surface area contributed by atoms with Crippen LogP contribution >= 0.6 is 0 Å². The third-order valence-electron chi connectivity index (χ3n) is 6.73. The van der Waals surface area contributed by atoms with Crippen molar-refractivity contribution in [2.45, 2.75) is 43.9 Å². The zero-order valence-corrected chi connectivity index (χ0v) is 21.2. The van der Waals surface area contributed by atoms with Gasteiger partial charge in [0, 0.05) is 35.8 Å². The van der Waals surface area contributed by atoms with Crippen molar-refractivity contribution in [2.75, 3.05) is 11.9 Å². The van der Waals surface area contributed by atoms with Crippen LogP contribution < -0.4 is 9.33 Å². The van der Waals surface area contributed by atoms with Gasteiger partial charge in [-0.1, -0.05) is 55.5 Å². The number of nitro groups is 1. The first-order chi connectivity index (χ1) is 16.0. The van der Waals surface area contributed by atoms with Crippen LogP contribution in [0.25, 0.3) is 0 Å². The number of nitro benzene ring substituents is 1. The van der Waals surface area contributed by atoms with Crippen LogP contribution in [0.1, 0.15) is 23.6 Å². The quantitative estimate of drug-likeness (QED) is 0.244. The van der Waals surface area contributed by atoms with Crippen LogP contribution in [0, 0.1) is 21.4 Å². The minimum absolute atomic E-state index is 0.0171. The van der Waals surface area contributed by atoms with E-state index in [0.29, 0.717) is 12.2 Å². The molecule has 7 heteroatoms. The molecule has 174 valence electrons. The number of likely N-dealkylation sites (N-methyl/N-ethyl adjacent to an activating group) is 1. The van der Waals surface area contributed by atoms with Gasteiger partial charge in [0.15, 0.2) is 5.54 Å². The number of rotatable bonds is 6. The molecule has 0 spiro atoms. The Morgan fingerprint density at radius 2 is 1.71 bits per heavy atom. The van der Waals surface area contributed by atoms with Crippen LogP contribution in [0.2, 0.25) is 19.6 Å². The van der Waals surface area contributed by atoms with Crippen LogP contribution in [0.4, 0.5) is 11.4 Å². The van der Waals surface area contributed by atoms with Crippen LogP contribution in [-0.4, -0.2) is 20.3 Å². The number of non-ortho nitro benzene ring substituents is 1. The lowest BCUT2D eigenvalue weighted by atomic mass is 9.63. The zero-order chi connectivity index (χ0) is 24.7. The van der Waals surface area contributed by atoms with Crippen molar-refractivity contribution in [1.29, 1.82) is 5.26 Å². The molecule has 0 radical (unpaired) electrons. The average molecular weight is 472 g/mol. The largest absolute Gasteiger partial charge is 0.544 e. The molecule has 0 saturated heterocycles. The predicted molar refractivity (Wildman–Crippen MR) is 137 cm³/mol. The molecule has 0 amide bonds. The summed E-state index contributed by atoms with van der Waals surface area (Å²) in [5.74, 6) is 0.651. The maximum atomic E-state index is 11.6. The lowest BCUT2D eigenvalue weighted by Gasteiger charge is -2.43. The molecule has 1 aliphatic rings. The van der Waals surface area contributed by atoms with Gasteiger partial charge >= 0.3 is 0 Å². The number of hydrogen-bond acceptors (Lipinski definition) is 5. The van der Waals surface area contributed by atoms with Gasteiger partial charge in [-0.15, -0.1) is 0 Å². The Labute approximate surface area is 201 Å². The van der Waals surface area contributed by atoms with Gasteiger partial charge in [-0.3, -0.25) is 10.1 Å². The third-order valence-corrected chi connectivity index (χ3v) is 7.56. The molecule has 6 nitrogen and oxygen atoms in total. The minimum Gasteiger partial charge on any atom is -0.544 e. The molecule has 2 atom stereocenters. The number of nitrogens with zero attached hydrogens (tertiary/aromatic N) is 3. The maximum absolute atomic E-state index is 11.6. The van der Waals surface area contributed by atoms with Crippen LogP contribution in [0.3, 0.4) is 0 Å². The van der Waals surface area contributed by atoms with Crippen LogP contribution in [-0.2, 0) is 17.4 Å². The van der Waals surface area contributed by atoms with E-state index in [1.54, 1.807) is 12.1 Å². The summed E-state index contributed by atoms with van der Waals surface area (Å²) in [4.78, 5) is 13.3. The van der Waals surface area contributed by atoms with Crippen molar-refractivity contribution in [1.82, 2.24) is 0 Å². The molecule has 3 aromatic carbocycles. The molecule has 1 heterocycles. The second-order valence-corrected chi connectivity index (χ2v) is 14.5. The highest BCUT2D eigenvalue weighted by atomic mass is 28.4. The van der Waals surface area contributed by atoms with Crippen LogP contribution in [0.5, 0.6) is 5.75 Å². The second kappa shape index (κ2) is 8.30. The summed E-state index contributed by atoms with van der Waals surface area (Å²) in [5, 5.41) is 22.4.